The van der Waals surface area contributed by atoms with E-state index < -0.39 is 23.0 Å². The Morgan fingerprint density at radius 3 is 2.31 bits per heavy atom. The molecule has 2 rings (SSSR count). The Bertz CT molecular complexity index is 855. The number of aromatic nitrogens is 1. The van der Waals surface area contributed by atoms with Crippen molar-refractivity contribution in [2.45, 2.75) is 32.9 Å². The number of nitro groups is 1. The highest BCUT2D eigenvalue weighted by Crippen LogP contribution is 2.19. The summed E-state index contributed by atoms with van der Waals surface area (Å²) in [5, 5.41) is 13.4. The summed E-state index contributed by atoms with van der Waals surface area (Å²) < 4.78 is 5.29. The van der Waals surface area contributed by atoms with E-state index in [1.165, 1.54) is 29.2 Å². The van der Waals surface area contributed by atoms with E-state index in [4.69, 9.17) is 4.74 Å². The number of benzene rings is 1. The number of rotatable bonds is 7. The van der Waals surface area contributed by atoms with Crippen LogP contribution in [-0.4, -0.2) is 39.9 Å². The van der Waals surface area contributed by atoms with Gasteiger partial charge in [0.05, 0.1) is 16.7 Å². The Balaban J connectivity index is 2.05. The molecule has 2 unspecified atom stereocenters. The summed E-state index contributed by atoms with van der Waals surface area (Å²) in [5.74, 6) is -0.722. The minimum absolute atomic E-state index is 0.108. The fraction of sp³-hybridized carbons (Fsp3) is 0.350. The number of esters is 1. The molecule has 0 fully saturated rings. The molecule has 0 aliphatic carbocycles. The highest BCUT2D eigenvalue weighted by Gasteiger charge is 2.29. The second-order valence-electron chi connectivity index (χ2n) is 6.88. The van der Waals surface area contributed by atoms with Crippen molar-refractivity contribution in [1.29, 1.82) is 0 Å². The first kappa shape index (κ1) is 21.8. The van der Waals surface area contributed by atoms with Crippen molar-refractivity contribution < 1.29 is 19.2 Å². The first-order chi connectivity index (χ1) is 13.7. The number of non-ortho nitro benzene ring substituents is 1. The largest absolute Gasteiger partial charge is 0.425 e. The van der Waals surface area contributed by atoms with Crippen molar-refractivity contribution in [2.24, 2.45) is 5.92 Å². The normalized spacial score (nSPS) is 12.7. The summed E-state index contributed by atoms with van der Waals surface area (Å²) in [6.45, 7) is 5.40. The Kier molecular flexibility index (Phi) is 7.24. The van der Waals surface area contributed by atoms with Crippen LogP contribution in [-0.2, 0) is 4.79 Å². The van der Waals surface area contributed by atoms with Crippen molar-refractivity contribution in [3.63, 3.8) is 0 Å². The second kappa shape index (κ2) is 9.63. The highest BCUT2D eigenvalue weighted by molar-refractivity contribution is 5.85. The van der Waals surface area contributed by atoms with Gasteiger partial charge in [-0.1, -0.05) is 19.9 Å². The number of ether oxygens (including phenoxy) is 1. The fourth-order valence-electron chi connectivity index (χ4n) is 2.55. The molecule has 29 heavy (non-hydrogen) atoms. The zero-order chi connectivity index (χ0) is 21.6. The lowest BCUT2D eigenvalue weighted by atomic mass is 10.0. The number of carbonyl (C=O) groups is 2. The molecule has 0 aliphatic heterocycles. The number of hydrogen-bond acceptors (Lipinski definition) is 6. The molecular weight excluding hydrogens is 376 g/mol. The van der Waals surface area contributed by atoms with Gasteiger partial charge >= 0.3 is 12.0 Å². The quantitative estimate of drug-likeness (QED) is 0.330. The SMILES string of the molecule is CC(C)C(NC(=O)N(C)C(C)c1ccccn1)C(=O)Oc1ccc([N+](=O)[O-])cc1. The number of amides is 2. The molecule has 9 heteroatoms. The van der Waals surface area contributed by atoms with Crippen LogP contribution in [0.25, 0.3) is 0 Å². The van der Waals surface area contributed by atoms with Crippen LogP contribution in [0, 0.1) is 16.0 Å². The van der Waals surface area contributed by atoms with E-state index in [0.29, 0.717) is 0 Å². The van der Waals surface area contributed by atoms with Crippen LogP contribution < -0.4 is 10.1 Å². The lowest BCUT2D eigenvalue weighted by molar-refractivity contribution is -0.384. The Morgan fingerprint density at radius 2 is 1.79 bits per heavy atom. The van der Waals surface area contributed by atoms with Crippen LogP contribution in [0.15, 0.2) is 48.7 Å². The number of nitrogens with one attached hydrogen (secondary N) is 1. The third-order valence-corrected chi connectivity index (χ3v) is 4.48. The van der Waals surface area contributed by atoms with Gasteiger partial charge in [0, 0.05) is 25.4 Å². The predicted octanol–water partition coefficient (Wildman–Crippen LogP) is 3.32. The zero-order valence-electron chi connectivity index (χ0n) is 16.7. The summed E-state index contributed by atoms with van der Waals surface area (Å²) in [4.78, 5) is 41.1. The molecule has 0 saturated heterocycles. The third kappa shape index (κ3) is 5.74. The van der Waals surface area contributed by atoms with Crippen LogP contribution in [0.5, 0.6) is 5.75 Å². The average Bonchev–Trinajstić information content (AvgIpc) is 2.71. The number of carbonyl (C=O) groups excluding carboxylic acids is 2. The van der Waals surface area contributed by atoms with Gasteiger partial charge in [0.25, 0.3) is 5.69 Å². The predicted molar refractivity (Wildman–Crippen MR) is 106 cm³/mol. The van der Waals surface area contributed by atoms with E-state index in [0.717, 1.165) is 5.69 Å². The van der Waals surface area contributed by atoms with Crippen LogP contribution in [0.2, 0.25) is 0 Å². The molecule has 0 saturated carbocycles. The molecule has 1 heterocycles. The topological polar surface area (TPSA) is 115 Å². The van der Waals surface area contributed by atoms with Gasteiger partial charge in [0.2, 0.25) is 0 Å². The number of urea groups is 1. The summed E-state index contributed by atoms with van der Waals surface area (Å²) >= 11 is 0. The zero-order valence-corrected chi connectivity index (χ0v) is 16.7. The molecule has 0 radical (unpaired) electrons. The van der Waals surface area contributed by atoms with Gasteiger partial charge in [-0.2, -0.15) is 0 Å². The minimum atomic E-state index is -0.893. The number of pyridine rings is 1. The molecular formula is C20H24N4O5. The molecule has 2 atom stereocenters. The summed E-state index contributed by atoms with van der Waals surface area (Å²) in [6.07, 6.45) is 1.65. The molecule has 0 aliphatic rings. The maximum atomic E-state index is 12.7. The van der Waals surface area contributed by atoms with E-state index >= 15 is 0 Å². The van der Waals surface area contributed by atoms with Crippen molar-refractivity contribution in [1.82, 2.24) is 15.2 Å². The van der Waals surface area contributed by atoms with E-state index in [-0.39, 0.29) is 23.4 Å². The fourth-order valence-corrected chi connectivity index (χ4v) is 2.55. The smallest absolute Gasteiger partial charge is 0.334 e. The van der Waals surface area contributed by atoms with Crippen molar-refractivity contribution in [3.8, 4) is 5.75 Å². The first-order valence-electron chi connectivity index (χ1n) is 9.11. The van der Waals surface area contributed by atoms with Gasteiger partial charge in [-0.3, -0.25) is 15.1 Å². The summed E-state index contributed by atoms with van der Waals surface area (Å²) in [5.41, 5.74) is 0.614. The molecule has 1 N–H and O–H groups in total. The maximum absolute atomic E-state index is 12.7. The third-order valence-electron chi connectivity index (χ3n) is 4.48. The van der Waals surface area contributed by atoms with Crippen molar-refractivity contribution in [2.75, 3.05) is 7.05 Å². The minimum Gasteiger partial charge on any atom is -0.425 e. The van der Waals surface area contributed by atoms with Crippen molar-refractivity contribution >= 4 is 17.7 Å². The highest BCUT2D eigenvalue weighted by atomic mass is 16.6. The van der Waals surface area contributed by atoms with Gasteiger partial charge < -0.3 is 15.0 Å². The van der Waals surface area contributed by atoms with Gasteiger partial charge in [-0.25, -0.2) is 9.59 Å². The molecule has 1 aromatic carbocycles. The van der Waals surface area contributed by atoms with E-state index in [9.17, 15) is 19.7 Å². The Labute approximate surface area is 168 Å². The monoisotopic (exact) mass is 400 g/mol. The van der Waals surface area contributed by atoms with Crippen LogP contribution >= 0.6 is 0 Å². The Morgan fingerprint density at radius 1 is 1.14 bits per heavy atom. The summed E-state index contributed by atoms with van der Waals surface area (Å²) in [7, 11) is 1.62. The van der Waals surface area contributed by atoms with Gasteiger partial charge in [-0.05, 0) is 37.1 Å². The molecule has 0 spiro atoms. The van der Waals surface area contributed by atoms with Gasteiger partial charge in [0.1, 0.15) is 11.8 Å². The van der Waals surface area contributed by atoms with Gasteiger partial charge in [-0.15, -0.1) is 0 Å². The number of hydrogen-bond donors (Lipinski definition) is 1. The van der Waals surface area contributed by atoms with Gasteiger partial charge in [0.15, 0.2) is 0 Å². The Hall–Kier alpha value is -3.49. The second-order valence-corrected chi connectivity index (χ2v) is 6.88. The molecule has 2 aromatic rings. The van der Waals surface area contributed by atoms with E-state index in [2.05, 4.69) is 10.3 Å². The van der Waals surface area contributed by atoms with Crippen molar-refractivity contribution in [3.05, 3.63) is 64.5 Å². The standard InChI is InChI=1S/C20H24N4O5/c1-13(2)18(19(25)29-16-10-8-15(9-11-16)24(27)28)22-20(26)23(4)14(3)17-7-5-6-12-21-17/h5-14,18H,1-4H3,(H,22,26). The first-order valence-corrected chi connectivity index (χ1v) is 9.11. The lowest BCUT2D eigenvalue weighted by Gasteiger charge is -2.28. The number of nitrogens with zero attached hydrogens (tertiary/aromatic N) is 3. The molecule has 0 bridgehead atoms. The number of nitro benzene ring substituents is 1. The van der Waals surface area contributed by atoms with Crippen LogP contribution in [0.3, 0.4) is 0 Å². The maximum Gasteiger partial charge on any atom is 0.334 e. The van der Waals surface area contributed by atoms with Crippen LogP contribution in [0.4, 0.5) is 10.5 Å². The van der Waals surface area contributed by atoms with E-state index in [1.807, 2.05) is 19.1 Å². The molecule has 2 amide bonds. The van der Waals surface area contributed by atoms with E-state index in [1.54, 1.807) is 33.2 Å². The molecule has 154 valence electrons. The molecule has 1 aromatic heterocycles. The lowest BCUT2D eigenvalue weighted by Crippen LogP contribution is -2.51. The molecule has 9 nitrogen and oxygen atoms in total. The summed E-state index contributed by atoms with van der Waals surface area (Å²) in [6, 6.07) is 8.98. The average molecular weight is 400 g/mol. The van der Waals surface area contributed by atoms with Crippen LogP contribution in [0.1, 0.15) is 32.5 Å².